The number of hydrogen-bond donors (Lipinski definition) is 1. The van der Waals surface area contributed by atoms with E-state index in [0.29, 0.717) is 21.5 Å². The molecule has 108 valence electrons. The molecule has 5 nitrogen and oxygen atoms in total. The van der Waals surface area contributed by atoms with Gasteiger partial charge in [0.2, 0.25) is 5.91 Å². The molecule has 0 fully saturated rings. The van der Waals surface area contributed by atoms with E-state index in [1.807, 2.05) is 0 Å². The lowest BCUT2D eigenvalue weighted by Gasteiger charge is -2.07. The Morgan fingerprint density at radius 1 is 1.41 bits per heavy atom. The predicted octanol–water partition coefficient (Wildman–Crippen LogP) is 2.08. The molecule has 0 aliphatic carbocycles. The fourth-order valence-corrected chi connectivity index (χ4v) is 2.77. The van der Waals surface area contributed by atoms with Crippen molar-refractivity contribution in [3.63, 3.8) is 0 Å². The van der Waals surface area contributed by atoms with Gasteiger partial charge in [-0.1, -0.05) is 12.0 Å². The number of rotatable bonds is 3. The van der Waals surface area contributed by atoms with Gasteiger partial charge in [0, 0.05) is 11.3 Å². The predicted molar refractivity (Wildman–Crippen MR) is 86.9 cm³/mol. The van der Waals surface area contributed by atoms with Crippen LogP contribution in [0, 0.1) is 12.3 Å². The van der Waals surface area contributed by atoms with Crippen LogP contribution in [0.25, 0.3) is 10.2 Å². The molecule has 3 aromatic rings. The van der Waals surface area contributed by atoms with Crippen LogP contribution in [0.3, 0.4) is 0 Å². The van der Waals surface area contributed by atoms with Gasteiger partial charge >= 0.3 is 0 Å². The van der Waals surface area contributed by atoms with Crippen molar-refractivity contribution in [2.75, 3.05) is 5.32 Å². The van der Waals surface area contributed by atoms with Crippen LogP contribution in [-0.2, 0) is 11.3 Å². The van der Waals surface area contributed by atoms with Gasteiger partial charge in [0.15, 0.2) is 0 Å². The highest BCUT2D eigenvalue weighted by Gasteiger charge is 2.09. The van der Waals surface area contributed by atoms with Gasteiger partial charge in [-0.25, -0.2) is 4.98 Å². The number of fused-ring (bicyclic) bond motifs is 1. The van der Waals surface area contributed by atoms with Gasteiger partial charge in [-0.3, -0.25) is 14.2 Å². The Kier molecular flexibility index (Phi) is 3.73. The summed E-state index contributed by atoms with van der Waals surface area (Å²) in [7, 11) is 0. The van der Waals surface area contributed by atoms with Crippen LogP contribution in [-0.4, -0.2) is 15.5 Å². The fraction of sp³-hybridized carbons (Fsp3) is 0.0625. The van der Waals surface area contributed by atoms with E-state index in [0.717, 1.165) is 0 Å². The lowest BCUT2D eigenvalue weighted by atomic mass is 10.2. The van der Waals surface area contributed by atoms with Crippen LogP contribution in [0.5, 0.6) is 0 Å². The van der Waals surface area contributed by atoms with E-state index in [1.54, 1.807) is 35.7 Å². The molecule has 0 atom stereocenters. The zero-order chi connectivity index (χ0) is 15.5. The molecule has 1 N–H and O–H groups in total. The molecule has 22 heavy (non-hydrogen) atoms. The third kappa shape index (κ3) is 2.75. The number of benzene rings is 1. The van der Waals surface area contributed by atoms with E-state index in [2.05, 4.69) is 16.2 Å². The summed E-state index contributed by atoms with van der Waals surface area (Å²) in [5, 5.41) is 5.04. The van der Waals surface area contributed by atoms with Gasteiger partial charge in [-0.15, -0.1) is 17.8 Å². The molecule has 0 saturated carbocycles. The summed E-state index contributed by atoms with van der Waals surface area (Å²) in [5.41, 5.74) is 1.05. The van der Waals surface area contributed by atoms with E-state index < -0.39 is 0 Å². The Labute approximate surface area is 130 Å². The van der Waals surface area contributed by atoms with Crippen molar-refractivity contribution in [2.45, 2.75) is 6.54 Å². The SMILES string of the molecule is C#Cc1cccc(NC(=O)Cn2cnc3sccc3c2=O)c1. The summed E-state index contributed by atoms with van der Waals surface area (Å²) in [4.78, 5) is 29.1. The first-order valence-corrected chi connectivity index (χ1v) is 7.34. The number of carbonyl (C=O) groups is 1. The van der Waals surface area contributed by atoms with Crippen molar-refractivity contribution in [2.24, 2.45) is 0 Å². The number of nitrogens with zero attached hydrogens (tertiary/aromatic N) is 2. The molecule has 0 unspecified atom stereocenters. The van der Waals surface area contributed by atoms with Crippen LogP contribution >= 0.6 is 11.3 Å². The molecule has 0 saturated heterocycles. The number of thiophene rings is 1. The maximum absolute atomic E-state index is 12.2. The minimum Gasteiger partial charge on any atom is -0.324 e. The molecule has 0 spiro atoms. The van der Waals surface area contributed by atoms with Crippen LogP contribution in [0.4, 0.5) is 5.69 Å². The first-order chi connectivity index (χ1) is 10.7. The summed E-state index contributed by atoms with van der Waals surface area (Å²) in [6.45, 7) is -0.0993. The highest BCUT2D eigenvalue weighted by molar-refractivity contribution is 7.16. The standard InChI is InChI=1S/C16H11N3O2S/c1-2-11-4-3-5-12(8-11)18-14(20)9-19-10-17-15-13(16(19)21)6-7-22-15/h1,3-8,10H,9H2,(H,18,20). The van der Waals surface area contributed by atoms with Crippen molar-refractivity contribution in [3.8, 4) is 12.3 Å². The molecule has 0 radical (unpaired) electrons. The highest BCUT2D eigenvalue weighted by Crippen LogP contribution is 2.13. The first-order valence-electron chi connectivity index (χ1n) is 6.46. The molecule has 2 aromatic heterocycles. The molecule has 0 aliphatic heterocycles. The van der Waals surface area contributed by atoms with Crippen molar-refractivity contribution in [1.82, 2.24) is 9.55 Å². The number of anilines is 1. The average molecular weight is 309 g/mol. The lowest BCUT2D eigenvalue weighted by molar-refractivity contribution is -0.116. The van der Waals surface area contributed by atoms with E-state index in [4.69, 9.17) is 6.42 Å². The van der Waals surface area contributed by atoms with E-state index in [-0.39, 0.29) is 18.0 Å². The summed E-state index contributed by atoms with van der Waals surface area (Å²) in [5.74, 6) is 2.19. The third-order valence-electron chi connectivity index (χ3n) is 3.08. The molecule has 0 aliphatic rings. The van der Waals surface area contributed by atoms with Gasteiger partial charge in [0.1, 0.15) is 11.4 Å². The largest absolute Gasteiger partial charge is 0.324 e. The maximum Gasteiger partial charge on any atom is 0.262 e. The molecular formula is C16H11N3O2S. The van der Waals surface area contributed by atoms with Gasteiger partial charge in [-0.05, 0) is 29.6 Å². The highest BCUT2D eigenvalue weighted by atomic mass is 32.1. The molecule has 1 aromatic carbocycles. The summed E-state index contributed by atoms with van der Waals surface area (Å²) < 4.78 is 1.29. The van der Waals surface area contributed by atoms with Gasteiger partial charge in [-0.2, -0.15) is 0 Å². The van der Waals surface area contributed by atoms with Crippen LogP contribution < -0.4 is 10.9 Å². The number of nitrogens with one attached hydrogen (secondary N) is 1. The van der Waals surface area contributed by atoms with Crippen LogP contribution in [0.15, 0.2) is 46.8 Å². The molecule has 2 heterocycles. The van der Waals surface area contributed by atoms with Crippen molar-refractivity contribution < 1.29 is 4.79 Å². The summed E-state index contributed by atoms with van der Waals surface area (Å²) in [6, 6.07) is 8.67. The Morgan fingerprint density at radius 2 is 2.27 bits per heavy atom. The molecule has 3 rings (SSSR count). The normalized spacial score (nSPS) is 10.3. The Bertz CT molecular complexity index is 950. The number of aromatic nitrogens is 2. The summed E-state index contributed by atoms with van der Waals surface area (Å²) in [6.07, 6.45) is 6.71. The number of hydrogen-bond acceptors (Lipinski definition) is 4. The zero-order valence-corrected chi connectivity index (χ0v) is 12.3. The topological polar surface area (TPSA) is 64.0 Å². The Hall–Kier alpha value is -2.91. The monoisotopic (exact) mass is 309 g/mol. The fourth-order valence-electron chi connectivity index (χ4n) is 2.05. The molecule has 0 bridgehead atoms. The van der Waals surface area contributed by atoms with E-state index in [1.165, 1.54) is 22.2 Å². The van der Waals surface area contributed by atoms with Gasteiger partial charge in [0.25, 0.3) is 5.56 Å². The molecule has 6 heteroatoms. The lowest BCUT2D eigenvalue weighted by Crippen LogP contribution is -2.27. The molecular weight excluding hydrogens is 298 g/mol. The molecule has 1 amide bonds. The smallest absolute Gasteiger partial charge is 0.262 e. The average Bonchev–Trinajstić information content (AvgIpc) is 2.99. The maximum atomic E-state index is 12.2. The Balaban J connectivity index is 1.79. The minimum absolute atomic E-state index is 0.0993. The quantitative estimate of drug-likeness (QED) is 0.753. The third-order valence-corrected chi connectivity index (χ3v) is 3.90. The number of carbonyl (C=O) groups excluding carboxylic acids is 1. The summed E-state index contributed by atoms with van der Waals surface area (Å²) >= 11 is 1.39. The Morgan fingerprint density at radius 3 is 3.09 bits per heavy atom. The van der Waals surface area contributed by atoms with Crippen molar-refractivity contribution in [3.05, 3.63) is 58.0 Å². The van der Waals surface area contributed by atoms with Crippen LogP contribution in [0.1, 0.15) is 5.56 Å². The van der Waals surface area contributed by atoms with Crippen LogP contribution in [0.2, 0.25) is 0 Å². The second kappa shape index (κ2) is 5.84. The van der Waals surface area contributed by atoms with E-state index >= 15 is 0 Å². The zero-order valence-electron chi connectivity index (χ0n) is 11.4. The minimum atomic E-state index is -0.312. The first kappa shape index (κ1) is 14.0. The number of terminal acetylenes is 1. The van der Waals surface area contributed by atoms with Crippen molar-refractivity contribution >= 4 is 33.1 Å². The number of amides is 1. The second-order valence-corrected chi connectivity index (χ2v) is 5.48. The van der Waals surface area contributed by atoms with E-state index in [9.17, 15) is 9.59 Å². The van der Waals surface area contributed by atoms with Gasteiger partial charge < -0.3 is 5.32 Å². The second-order valence-electron chi connectivity index (χ2n) is 4.59. The van der Waals surface area contributed by atoms with Crippen molar-refractivity contribution in [1.29, 1.82) is 0 Å². The van der Waals surface area contributed by atoms with Gasteiger partial charge in [0.05, 0.1) is 11.7 Å².